The predicted octanol–water partition coefficient (Wildman–Crippen LogP) is 4.39. The Morgan fingerprint density at radius 1 is 0.974 bits per heavy atom. The molecule has 0 aliphatic rings. The molecule has 38 heavy (non-hydrogen) atoms. The van der Waals surface area contributed by atoms with Gasteiger partial charge in [0.2, 0.25) is 11.7 Å². The highest BCUT2D eigenvalue weighted by molar-refractivity contribution is 5.88. The van der Waals surface area contributed by atoms with Gasteiger partial charge in [-0.25, -0.2) is 0 Å². The molecule has 0 saturated carbocycles. The zero-order valence-electron chi connectivity index (χ0n) is 21.8. The van der Waals surface area contributed by atoms with E-state index in [9.17, 15) is 19.7 Å². The molecule has 0 radical (unpaired) electrons. The molecule has 9 heteroatoms. The average Bonchev–Trinajstić information content (AvgIpc) is 2.93. The Morgan fingerprint density at radius 3 is 2.18 bits per heavy atom. The Kier molecular flexibility index (Phi) is 10.2. The van der Waals surface area contributed by atoms with Gasteiger partial charge >= 0.3 is 5.69 Å². The third kappa shape index (κ3) is 8.06. The van der Waals surface area contributed by atoms with Gasteiger partial charge in [-0.1, -0.05) is 74.5 Å². The first kappa shape index (κ1) is 28.2. The number of methoxy groups -OCH3 is 1. The van der Waals surface area contributed by atoms with Crippen LogP contribution < -0.4 is 14.8 Å². The number of hydrogen-bond donors (Lipinski definition) is 1. The van der Waals surface area contributed by atoms with E-state index in [1.807, 2.05) is 74.5 Å². The molecule has 0 heterocycles. The summed E-state index contributed by atoms with van der Waals surface area (Å²) < 4.78 is 10.8. The fourth-order valence-corrected chi connectivity index (χ4v) is 3.88. The summed E-state index contributed by atoms with van der Waals surface area (Å²) in [6.07, 6.45) is 0.328. The van der Waals surface area contributed by atoms with E-state index in [2.05, 4.69) is 5.32 Å². The van der Waals surface area contributed by atoms with Gasteiger partial charge in [0.05, 0.1) is 12.0 Å². The Bertz CT molecular complexity index is 1220. The smallest absolute Gasteiger partial charge is 0.311 e. The highest BCUT2D eigenvalue weighted by Crippen LogP contribution is 2.30. The van der Waals surface area contributed by atoms with E-state index in [0.717, 1.165) is 11.1 Å². The van der Waals surface area contributed by atoms with Gasteiger partial charge in [0.15, 0.2) is 6.61 Å². The standard InChI is InChI=1S/C29H33N3O6/c1-21(2)18-30-29(34)26(16-22-10-6-4-7-11-22)31(19-23-12-8-5-9-13-23)28(33)20-38-24-14-15-25(32(35)36)27(17-24)37-3/h4-15,17,21,26H,16,18-20H2,1-3H3,(H,30,34)/t26-/m1/s1. The number of nitro groups is 1. The fourth-order valence-electron chi connectivity index (χ4n) is 3.88. The Balaban J connectivity index is 1.88. The zero-order valence-corrected chi connectivity index (χ0v) is 21.8. The van der Waals surface area contributed by atoms with E-state index in [-0.39, 0.29) is 42.2 Å². The van der Waals surface area contributed by atoms with Crippen LogP contribution in [-0.4, -0.2) is 47.9 Å². The van der Waals surface area contributed by atoms with E-state index < -0.39 is 16.9 Å². The number of amides is 2. The van der Waals surface area contributed by atoms with Crippen molar-refractivity contribution in [2.45, 2.75) is 32.9 Å². The van der Waals surface area contributed by atoms with Crippen LogP contribution in [0.5, 0.6) is 11.5 Å². The first-order valence-corrected chi connectivity index (χ1v) is 12.4. The molecule has 9 nitrogen and oxygen atoms in total. The first-order valence-electron chi connectivity index (χ1n) is 12.4. The highest BCUT2D eigenvalue weighted by Gasteiger charge is 2.31. The quantitative estimate of drug-likeness (QED) is 0.265. The van der Waals surface area contributed by atoms with E-state index in [4.69, 9.17) is 9.47 Å². The van der Waals surface area contributed by atoms with Crippen molar-refractivity contribution < 1.29 is 24.0 Å². The van der Waals surface area contributed by atoms with Crippen LogP contribution in [0.1, 0.15) is 25.0 Å². The third-order valence-electron chi connectivity index (χ3n) is 5.86. The van der Waals surface area contributed by atoms with Gasteiger partial charge < -0.3 is 19.7 Å². The van der Waals surface area contributed by atoms with Crippen molar-refractivity contribution in [3.8, 4) is 11.5 Å². The average molecular weight is 520 g/mol. The van der Waals surface area contributed by atoms with Crippen molar-refractivity contribution in [2.24, 2.45) is 5.92 Å². The maximum absolute atomic E-state index is 13.6. The Morgan fingerprint density at radius 2 is 1.61 bits per heavy atom. The van der Waals surface area contributed by atoms with Gasteiger partial charge in [0.25, 0.3) is 5.91 Å². The molecule has 0 aromatic heterocycles. The Labute approximate surface area is 222 Å². The monoisotopic (exact) mass is 519 g/mol. The minimum atomic E-state index is -0.779. The molecule has 0 saturated heterocycles. The maximum Gasteiger partial charge on any atom is 0.311 e. The number of carbonyl (C=O) groups excluding carboxylic acids is 2. The number of nitrogens with zero attached hydrogens (tertiary/aromatic N) is 2. The molecule has 0 aliphatic heterocycles. The summed E-state index contributed by atoms with van der Waals surface area (Å²) in [5.74, 6) is -0.133. The number of nitrogens with one attached hydrogen (secondary N) is 1. The van der Waals surface area contributed by atoms with Crippen LogP contribution >= 0.6 is 0 Å². The van der Waals surface area contributed by atoms with Crippen molar-refractivity contribution in [3.05, 3.63) is 100 Å². The van der Waals surface area contributed by atoms with Crippen LogP contribution in [-0.2, 0) is 22.6 Å². The molecule has 2 amide bonds. The van der Waals surface area contributed by atoms with Gasteiger partial charge in [-0.3, -0.25) is 19.7 Å². The third-order valence-corrected chi connectivity index (χ3v) is 5.86. The van der Waals surface area contributed by atoms with E-state index >= 15 is 0 Å². The molecule has 0 spiro atoms. The van der Waals surface area contributed by atoms with Gasteiger partial charge in [0.1, 0.15) is 11.8 Å². The van der Waals surface area contributed by atoms with Gasteiger partial charge in [0, 0.05) is 31.6 Å². The molecule has 1 atom stereocenters. The topological polar surface area (TPSA) is 111 Å². The highest BCUT2D eigenvalue weighted by atomic mass is 16.6. The summed E-state index contributed by atoms with van der Waals surface area (Å²) >= 11 is 0. The summed E-state index contributed by atoms with van der Waals surface area (Å²) in [7, 11) is 1.32. The second-order valence-corrected chi connectivity index (χ2v) is 9.23. The summed E-state index contributed by atoms with van der Waals surface area (Å²) in [5.41, 5.74) is 1.58. The van der Waals surface area contributed by atoms with E-state index in [1.165, 1.54) is 30.2 Å². The van der Waals surface area contributed by atoms with Crippen molar-refractivity contribution in [1.29, 1.82) is 0 Å². The van der Waals surface area contributed by atoms with Crippen molar-refractivity contribution >= 4 is 17.5 Å². The number of nitro benzene ring substituents is 1. The molecule has 3 rings (SSSR count). The lowest BCUT2D eigenvalue weighted by atomic mass is 10.0. The Hall–Kier alpha value is -4.40. The summed E-state index contributed by atoms with van der Waals surface area (Å²) in [6.45, 7) is 4.34. The van der Waals surface area contributed by atoms with E-state index in [1.54, 1.807) is 0 Å². The van der Waals surface area contributed by atoms with Crippen LogP contribution in [0.15, 0.2) is 78.9 Å². The molecule has 3 aromatic rings. The maximum atomic E-state index is 13.6. The van der Waals surface area contributed by atoms with Crippen LogP contribution in [0.25, 0.3) is 0 Å². The zero-order chi connectivity index (χ0) is 27.5. The first-order chi connectivity index (χ1) is 18.3. The molecular formula is C29H33N3O6. The lowest BCUT2D eigenvalue weighted by Gasteiger charge is -2.31. The van der Waals surface area contributed by atoms with Crippen LogP contribution in [0.4, 0.5) is 5.69 Å². The van der Waals surface area contributed by atoms with Gasteiger partial charge in [-0.2, -0.15) is 0 Å². The number of rotatable bonds is 13. The minimum Gasteiger partial charge on any atom is -0.490 e. The molecule has 0 fully saturated rings. The number of benzene rings is 3. The second-order valence-electron chi connectivity index (χ2n) is 9.23. The van der Waals surface area contributed by atoms with Crippen LogP contribution in [0.2, 0.25) is 0 Å². The predicted molar refractivity (Wildman–Crippen MR) is 144 cm³/mol. The fraction of sp³-hybridized carbons (Fsp3) is 0.310. The molecule has 0 bridgehead atoms. The molecule has 3 aromatic carbocycles. The number of carbonyl (C=O) groups is 2. The molecule has 200 valence electrons. The number of ether oxygens (including phenoxy) is 2. The largest absolute Gasteiger partial charge is 0.490 e. The number of hydrogen-bond acceptors (Lipinski definition) is 6. The molecule has 1 N–H and O–H groups in total. The lowest BCUT2D eigenvalue weighted by molar-refractivity contribution is -0.385. The van der Waals surface area contributed by atoms with Crippen LogP contribution in [0, 0.1) is 16.0 Å². The van der Waals surface area contributed by atoms with Crippen molar-refractivity contribution in [1.82, 2.24) is 10.2 Å². The molecular weight excluding hydrogens is 486 g/mol. The second kappa shape index (κ2) is 13.8. The normalized spacial score (nSPS) is 11.5. The van der Waals surface area contributed by atoms with Crippen molar-refractivity contribution in [3.63, 3.8) is 0 Å². The summed E-state index contributed by atoms with van der Waals surface area (Å²) in [5, 5.41) is 14.2. The summed E-state index contributed by atoms with van der Waals surface area (Å²) in [6, 6.07) is 22.2. The van der Waals surface area contributed by atoms with Crippen LogP contribution in [0.3, 0.4) is 0 Å². The lowest BCUT2D eigenvalue weighted by Crippen LogP contribution is -2.52. The molecule has 0 aliphatic carbocycles. The van der Waals surface area contributed by atoms with Gasteiger partial charge in [-0.05, 0) is 23.1 Å². The SMILES string of the molecule is COc1cc(OCC(=O)N(Cc2ccccc2)[C@H](Cc2ccccc2)C(=O)NCC(C)C)ccc1[N+](=O)[O-]. The minimum absolute atomic E-state index is 0.0242. The van der Waals surface area contributed by atoms with Gasteiger partial charge in [-0.15, -0.1) is 0 Å². The van der Waals surface area contributed by atoms with E-state index in [0.29, 0.717) is 13.0 Å². The summed E-state index contributed by atoms with van der Waals surface area (Å²) in [4.78, 5) is 39.2. The van der Waals surface area contributed by atoms with Crippen molar-refractivity contribution in [2.75, 3.05) is 20.3 Å². The molecule has 0 unspecified atom stereocenters.